The standard InChI is InChI=1S/C12H18N2O3S/c1-3-14(4-11-13-8(2)7-18-11)10-6-17-5-9(10)12(15)16/h7,9-10H,3-6H2,1-2H3,(H,15,16). The first-order valence-electron chi connectivity index (χ1n) is 6.07. The molecule has 0 aliphatic carbocycles. The third kappa shape index (κ3) is 2.88. The number of nitrogens with zero attached hydrogens (tertiary/aromatic N) is 2. The van der Waals surface area contributed by atoms with E-state index in [4.69, 9.17) is 4.74 Å². The Labute approximate surface area is 110 Å². The molecule has 0 aromatic carbocycles. The Balaban J connectivity index is 2.06. The van der Waals surface area contributed by atoms with E-state index in [0.29, 0.717) is 19.8 Å². The largest absolute Gasteiger partial charge is 0.481 e. The van der Waals surface area contributed by atoms with Crippen LogP contribution < -0.4 is 0 Å². The third-order valence-corrected chi connectivity index (χ3v) is 4.20. The Morgan fingerprint density at radius 2 is 2.44 bits per heavy atom. The van der Waals surface area contributed by atoms with Gasteiger partial charge in [0, 0.05) is 17.1 Å². The van der Waals surface area contributed by atoms with E-state index in [2.05, 4.69) is 9.88 Å². The highest BCUT2D eigenvalue weighted by Crippen LogP contribution is 2.22. The van der Waals surface area contributed by atoms with Crippen LogP contribution in [0.1, 0.15) is 17.6 Å². The molecule has 0 amide bonds. The Morgan fingerprint density at radius 1 is 1.67 bits per heavy atom. The zero-order valence-corrected chi connectivity index (χ0v) is 11.4. The molecule has 2 rings (SSSR count). The molecule has 100 valence electrons. The van der Waals surface area contributed by atoms with Crippen molar-refractivity contribution in [1.82, 2.24) is 9.88 Å². The summed E-state index contributed by atoms with van der Waals surface area (Å²) in [5, 5.41) is 12.2. The minimum atomic E-state index is -0.772. The van der Waals surface area contributed by atoms with Crippen LogP contribution in [0.3, 0.4) is 0 Å². The highest BCUT2D eigenvalue weighted by Gasteiger charge is 2.37. The van der Waals surface area contributed by atoms with E-state index in [-0.39, 0.29) is 6.04 Å². The van der Waals surface area contributed by atoms with E-state index >= 15 is 0 Å². The van der Waals surface area contributed by atoms with Crippen molar-refractivity contribution < 1.29 is 14.6 Å². The molecule has 1 aromatic rings. The second-order valence-corrected chi connectivity index (χ2v) is 5.44. The first kappa shape index (κ1) is 13.5. The Morgan fingerprint density at radius 3 is 3.00 bits per heavy atom. The van der Waals surface area contributed by atoms with Gasteiger partial charge >= 0.3 is 5.97 Å². The molecular formula is C12H18N2O3S. The zero-order valence-electron chi connectivity index (χ0n) is 10.6. The number of hydrogen-bond acceptors (Lipinski definition) is 5. The number of aliphatic carboxylic acids is 1. The molecule has 1 fully saturated rings. The van der Waals surface area contributed by atoms with Crippen molar-refractivity contribution in [2.24, 2.45) is 5.92 Å². The van der Waals surface area contributed by atoms with Gasteiger partial charge in [0.25, 0.3) is 0 Å². The van der Waals surface area contributed by atoms with Crippen LogP contribution in [-0.2, 0) is 16.1 Å². The number of carboxylic acid groups (broad SMARTS) is 1. The molecule has 0 saturated carbocycles. The van der Waals surface area contributed by atoms with Crippen molar-refractivity contribution in [2.75, 3.05) is 19.8 Å². The molecule has 6 heteroatoms. The number of rotatable bonds is 5. The monoisotopic (exact) mass is 270 g/mol. The number of aromatic nitrogens is 1. The van der Waals surface area contributed by atoms with Crippen LogP contribution in [0.15, 0.2) is 5.38 Å². The summed E-state index contributed by atoms with van der Waals surface area (Å²) in [6.07, 6.45) is 0. The lowest BCUT2D eigenvalue weighted by Gasteiger charge is -2.28. The summed E-state index contributed by atoms with van der Waals surface area (Å²) < 4.78 is 5.32. The van der Waals surface area contributed by atoms with Crippen molar-refractivity contribution in [1.29, 1.82) is 0 Å². The van der Waals surface area contributed by atoms with Crippen LogP contribution in [0.5, 0.6) is 0 Å². The lowest BCUT2D eigenvalue weighted by molar-refractivity contribution is -0.143. The Hall–Kier alpha value is -0.980. The number of ether oxygens (including phenoxy) is 1. The van der Waals surface area contributed by atoms with Gasteiger partial charge in [-0.2, -0.15) is 0 Å². The smallest absolute Gasteiger partial charge is 0.310 e. The molecule has 1 aliphatic heterocycles. The van der Waals surface area contributed by atoms with Crippen LogP contribution in [-0.4, -0.2) is 46.8 Å². The number of carbonyl (C=O) groups is 1. The van der Waals surface area contributed by atoms with E-state index in [1.165, 1.54) is 0 Å². The van der Waals surface area contributed by atoms with Crippen LogP contribution in [0.25, 0.3) is 0 Å². The fraction of sp³-hybridized carbons (Fsp3) is 0.667. The maximum atomic E-state index is 11.2. The lowest BCUT2D eigenvalue weighted by atomic mass is 10.0. The average molecular weight is 270 g/mol. The van der Waals surface area contributed by atoms with Gasteiger partial charge in [0.2, 0.25) is 0 Å². The minimum absolute atomic E-state index is 0.0447. The molecular weight excluding hydrogens is 252 g/mol. The minimum Gasteiger partial charge on any atom is -0.481 e. The first-order chi connectivity index (χ1) is 8.61. The molecule has 2 atom stereocenters. The number of carboxylic acids is 1. The number of likely N-dealkylation sites (N-methyl/N-ethyl adjacent to an activating group) is 1. The average Bonchev–Trinajstić information content (AvgIpc) is 2.94. The fourth-order valence-electron chi connectivity index (χ4n) is 2.25. The third-order valence-electron chi connectivity index (χ3n) is 3.25. The highest BCUT2D eigenvalue weighted by atomic mass is 32.1. The number of aryl methyl sites for hydroxylation is 1. The van der Waals surface area contributed by atoms with Crippen LogP contribution in [0.2, 0.25) is 0 Å². The normalized spacial score (nSPS) is 23.7. The van der Waals surface area contributed by atoms with Crippen molar-refractivity contribution in [3.8, 4) is 0 Å². The van der Waals surface area contributed by atoms with Crippen molar-refractivity contribution in [2.45, 2.75) is 26.4 Å². The SMILES string of the molecule is CCN(Cc1nc(C)cs1)C1COCC1C(=O)O. The molecule has 1 aliphatic rings. The molecule has 1 aromatic heterocycles. The molecule has 5 nitrogen and oxygen atoms in total. The summed E-state index contributed by atoms with van der Waals surface area (Å²) in [7, 11) is 0. The quantitative estimate of drug-likeness (QED) is 0.875. The second kappa shape index (κ2) is 5.77. The van der Waals surface area contributed by atoms with Gasteiger partial charge in [-0.3, -0.25) is 9.69 Å². The number of thiazole rings is 1. The molecule has 0 radical (unpaired) electrons. The topological polar surface area (TPSA) is 62.7 Å². The highest BCUT2D eigenvalue weighted by molar-refractivity contribution is 7.09. The van der Waals surface area contributed by atoms with Crippen LogP contribution in [0, 0.1) is 12.8 Å². The maximum absolute atomic E-state index is 11.2. The van der Waals surface area contributed by atoms with E-state index in [1.807, 2.05) is 19.2 Å². The lowest BCUT2D eigenvalue weighted by Crippen LogP contribution is -2.42. The molecule has 2 unspecified atom stereocenters. The van der Waals surface area contributed by atoms with Gasteiger partial charge in [0.1, 0.15) is 5.01 Å². The van der Waals surface area contributed by atoms with E-state index in [1.54, 1.807) is 11.3 Å². The molecule has 2 heterocycles. The van der Waals surface area contributed by atoms with Crippen LogP contribution in [0.4, 0.5) is 0 Å². The summed E-state index contributed by atoms with van der Waals surface area (Å²) in [6.45, 7) is 6.32. The molecule has 1 N–H and O–H groups in total. The summed E-state index contributed by atoms with van der Waals surface area (Å²) >= 11 is 1.62. The maximum Gasteiger partial charge on any atom is 0.310 e. The van der Waals surface area contributed by atoms with Gasteiger partial charge in [-0.05, 0) is 13.5 Å². The fourth-order valence-corrected chi connectivity index (χ4v) is 3.05. The van der Waals surface area contributed by atoms with Crippen molar-refractivity contribution in [3.63, 3.8) is 0 Å². The Bertz CT molecular complexity index is 421. The predicted molar refractivity (Wildman–Crippen MR) is 68.7 cm³/mol. The Kier molecular flexibility index (Phi) is 4.31. The van der Waals surface area contributed by atoms with Crippen molar-refractivity contribution in [3.05, 3.63) is 16.1 Å². The molecule has 0 bridgehead atoms. The molecule has 18 heavy (non-hydrogen) atoms. The van der Waals surface area contributed by atoms with Gasteiger partial charge in [0.05, 0.1) is 25.7 Å². The second-order valence-electron chi connectivity index (χ2n) is 4.50. The van der Waals surface area contributed by atoms with Gasteiger partial charge in [-0.1, -0.05) is 6.92 Å². The van der Waals surface area contributed by atoms with Crippen molar-refractivity contribution >= 4 is 17.3 Å². The zero-order chi connectivity index (χ0) is 13.1. The predicted octanol–water partition coefficient (Wildman–Crippen LogP) is 1.37. The van der Waals surface area contributed by atoms with Crippen LogP contribution >= 0.6 is 11.3 Å². The molecule has 0 spiro atoms. The summed E-state index contributed by atoms with van der Waals surface area (Å²) in [5.41, 5.74) is 1.02. The summed E-state index contributed by atoms with van der Waals surface area (Å²) in [6, 6.07) is -0.0447. The summed E-state index contributed by atoms with van der Waals surface area (Å²) in [4.78, 5) is 17.7. The van der Waals surface area contributed by atoms with Gasteiger partial charge in [-0.25, -0.2) is 4.98 Å². The van der Waals surface area contributed by atoms with E-state index in [9.17, 15) is 9.90 Å². The van der Waals surface area contributed by atoms with Gasteiger partial charge in [-0.15, -0.1) is 11.3 Å². The molecule has 1 saturated heterocycles. The summed E-state index contributed by atoms with van der Waals surface area (Å²) in [5.74, 6) is -1.20. The van der Waals surface area contributed by atoms with E-state index in [0.717, 1.165) is 17.2 Å². The van der Waals surface area contributed by atoms with Gasteiger partial charge < -0.3 is 9.84 Å². The van der Waals surface area contributed by atoms with E-state index < -0.39 is 11.9 Å². The number of hydrogen-bond donors (Lipinski definition) is 1. The first-order valence-corrected chi connectivity index (χ1v) is 6.95. The van der Waals surface area contributed by atoms with Gasteiger partial charge in [0.15, 0.2) is 0 Å².